The van der Waals surface area contributed by atoms with E-state index in [1.807, 2.05) is 0 Å². The number of halogens is 3. The maximum absolute atomic E-state index is 13.3. The van der Waals surface area contributed by atoms with Crippen molar-refractivity contribution in [2.75, 3.05) is 0 Å². The van der Waals surface area contributed by atoms with Crippen LogP contribution in [0.3, 0.4) is 0 Å². The molecule has 1 aromatic rings. The van der Waals surface area contributed by atoms with Gasteiger partial charge in [-0.2, -0.15) is 8.78 Å². The fourth-order valence-corrected chi connectivity index (χ4v) is 1.15. The monoisotopic (exact) mass is 219 g/mol. The van der Waals surface area contributed by atoms with Gasteiger partial charge in [-0.15, -0.1) is 0 Å². The number of alkyl halides is 2. The van der Waals surface area contributed by atoms with Crippen LogP contribution in [-0.2, 0) is 0 Å². The smallest absolute Gasteiger partial charge is 0.394 e. The Hall–Kier alpha value is -1.23. The lowest BCUT2D eigenvalue weighted by molar-refractivity contribution is -0.159. The first-order valence-electron chi connectivity index (χ1n) is 4.41. The Balaban J connectivity index is 2.92. The molecule has 5 heteroatoms. The molecule has 0 aliphatic carbocycles. The fourth-order valence-electron chi connectivity index (χ4n) is 1.15. The summed E-state index contributed by atoms with van der Waals surface area (Å²) in [7, 11) is 0. The van der Waals surface area contributed by atoms with Crippen LogP contribution in [0.1, 0.15) is 25.5 Å². The molecule has 0 amide bonds. The summed E-state index contributed by atoms with van der Waals surface area (Å²) in [6.45, 7) is 2.19. The van der Waals surface area contributed by atoms with Crippen LogP contribution in [0.2, 0.25) is 0 Å². The van der Waals surface area contributed by atoms with Crippen LogP contribution in [0.15, 0.2) is 18.2 Å². The number of benzene rings is 1. The van der Waals surface area contributed by atoms with E-state index in [0.717, 1.165) is 6.07 Å². The molecule has 1 rings (SSSR count). The molecule has 0 aliphatic heterocycles. The molecule has 2 nitrogen and oxygen atoms in total. The largest absolute Gasteiger partial charge is 0.433 e. The van der Waals surface area contributed by atoms with E-state index in [0.29, 0.717) is 6.92 Å². The van der Waals surface area contributed by atoms with Gasteiger partial charge in [-0.3, -0.25) is 0 Å². The highest BCUT2D eigenvalue weighted by molar-refractivity contribution is 5.30. The molecule has 0 heterocycles. The minimum atomic E-state index is -3.32. The van der Waals surface area contributed by atoms with Crippen molar-refractivity contribution in [2.24, 2.45) is 5.73 Å². The summed E-state index contributed by atoms with van der Waals surface area (Å²) in [6.07, 6.45) is -3.32. The molecule has 0 spiro atoms. The van der Waals surface area contributed by atoms with Crippen molar-refractivity contribution in [1.29, 1.82) is 0 Å². The summed E-state index contributed by atoms with van der Waals surface area (Å²) in [5, 5.41) is 0. The van der Waals surface area contributed by atoms with Crippen molar-refractivity contribution < 1.29 is 17.9 Å². The quantitative estimate of drug-likeness (QED) is 0.848. The van der Waals surface area contributed by atoms with E-state index in [2.05, 4.69) is 4.74 Å². The summed E-state index contributed by atoms with van der Waals surface area (Å²) in [5.41, 5.74) is 5.73. The predicted molar refractivity (Wildman–Crippen MR) is 50.3 cm³/mol. The second-order valence-electron chi connectivity index (χ2n) is 3.38. The number of nitrogens with two attached hydrogens (primary N) is 1. The predicted octanol–water partition coefficient (Wildman–Crippen LogP) is 2.84. The average Bonchev–Trinajstić information content (AvgIpc) is 1.99. The number of ether oxygens (including phenoxy) is 1. The number of rotatable bonds is 3. The third-order valence-electron chi connectivity index (χ3n) is 1.76. The van der Waals surface area contributed by atoms with Crippen molar-refractivity contribution in [2.45, 2.75) is 26.0 Å². The van der Waals surface area contributed by atoms with Gasteiger partial charge in [-0.25, -0.2) is 4.39 Å². The van der Waals surface area contributed by atoms with Crippen LogP contribution in [0.5, 0.6) is 5.75 Å². The van der Waals surface area contributed by atoms with Gasteiger partial charge in [0.15, 0.2) is 0 Å². The summed E-state index contributed by atoms with van der Waals surface area (Å²) in [4.78, 5) is 0. The maximum Gasteiger partial charge on any atom is 0.394 e. The van der Waals surface area contributed by atoms with Gasteiger partial charge in [-0.1, -0.05) is 6.07 Å². The molecular weight excluding hydrogens is 207 g/mol. The molecule has 15 heavy (non-hydrogen) atoms. The summed E-state index contributed by atoms with van der Waals surface area (Å²) >= 11 is 0. The zero-order chi connectivity index (χ0) is 11.6. The molecule has 2 N–H and O–H groups in total. The first-order valence-corrected chi connectivity index (χ1v) is 4.41. The third kappa shape index (κ3) is 3.43. The van der Waals surface area contributed by atoms with E-state index in [4.69, 9.17) is 5.73 Å². The van der Waals surface area contributed by atoms with Gasteiger partial charge in [0.05, 0.1) is 0 Å². The molecule has 1 aromatic carbocycles. The van der Waals surface area contributed by atoms with Crippen LogP contribution in [-0.4, -0.2) is 6.11 Å². The standard InChI is InChI=1S/C10H12F3NO/c1-6(14)8-4-3-7(5-9(8)11)15-10(2,12)13/h3-6H,14H2,1-2H3/t6-/m1/s1. The Morgan fingerprint density at radius 1 is 1.40 bits per heavy atom. The van der Waals surface area contributed by atoms with Gasteiger partial charge in [0.1, 0.15) is 11.6 Å². The lowest BCUT2D eigenvalue weighted by atomic mass is 10.1. The van der Waals surface area contributed by atoms with Crippen molar-refractivity contribution in [1.82, 2.24) is 0 Å². The SMILES string of the molecule is C[C@@H](N)c1ccc(OC(C)(F)F)cc1F. The van der Waals surface area contributed by atoms with Crippen molar-refractivity contribution >= 4 is 0 Å². The van der Waals surface area contributed by atoms with Crippen LogP contribution in [0.25, 0.3) is 0 Å². The van der Waals surface area contributed by atoms with Crippen molar-refractivity contribution in [3.8, 4) is 5.75 Å². The summed E-state index contributed by atoms with van der Waals surface area (Å²) in [5.74, 6) is -0.865. The fraction of sp³-hybridized carbons (Fsp3) is 0.400. The van der Waals surface area contributed by atoms with E-state index in [1.54, 1.807) is 6.92 Å². The summed E-state index contributed by atoms with van der Waals surface area (Å²) < 4.78 is 42.3. The second kappa shape index (κ2) is 4.10. The Bertz CT molecular complexity index is 347. The molecule has 0 aromatic heterocycles. The van der Waals surface area contributed by atoms with Gasteiger partial charge < -0.3 is 10.5 Å². The lowest BCUT2D eigenvalue weighted by Crippen LogP contribution is -2.19. The molecule has 84 valence electrons. The van der Waals surface area contributed by atoms with E-state index < -0.39 is 18.0 Å². The van der Waals surface area contributed by atoms with E-state index in [-0.39, 0.29) is 11.3 Å². The molecule has 1 atom stereocenters. The van der Waals surface area contributed by atoms with Gasteiger partial charge >= 0.3 is 6.11 Å². The first-order chi connectivity index (χ1) is 6.79. The minimum Gasteiger partial charge on any atom is -0.433 e. The molecule has 0 radical (unpaired) electrons. The van der Waals surface area contributed by atoms with E-state index in [9.17, 15) is 13.2 Å². The Labute approximate surface area is 85.8 Å². The topological polar surface area (TPSA) is 35.2 Å². The molecule has 0 unspecified atom stereocenters. The normalized spacial score (nSPS) is 13.7. The van der Waals surface area contributed by atoms with Gasteiger partial charge in [0.25, 0.3) is 0 Å². The van der Waals surface area contributed by atoms with E-state index in [1.165, 1.54) is 12.1 Å². The van der Waals surface area contributed by atoms with Crippen LogP contribution >= 0.6 is 0 Å². The number of hydrogen-bond acceptors (Lipinski definition) is 2. The zero-order valence-corrected chi connectivity index (χ0v) is 8.43. The average molecular weight is 219 g/mol. The molecule has 0 saturated heterocycles. The van der Waals surface area contributed by atoms with Crippen LogP contribution in [0.4, 0.5) is 13.2 Å². The van der Waals surface area contributed by atoms with Gasteiger partial charge in [-0.05, 0) is 13.0 Å². The molecule has 0 aliphatic rings. The number of hydrogen-bond donors (Lipinski definition) is 1. The third-order valence-corrected chi connectivity index (χ3v) is 1.76. The van der Waals surface area contributed by atoms with E-state index >= 15 is 0 Å². The Morgan fingerprint density at radius 3 is 2.40 bits per heavy atom. The highest BCUT2D eigenvalue weighted by Crippen LogP contribution is 2.24. The highest BCUT2D eigenvalue weighted by atomic mass is 19.3. The minimum absolute atomic E-state index is 0.218. The molecule has 0 bridgehead atoms. The highest BCUT2D eigenvalue weighted by Gasteiger charge is 2.23. The molecular formula is C10H12F3NO. The maximum atomic E-state index is 13.3. The zero-order valence-electron chi connectivity index (χ0n) is 8.43. The second-order valence-corrected chi connectivity index (χ2v) is 3.38. The molecule has 0 fully saturated rings. The Kier molecular flexibility index (Phi) is 3.24. The van der Waals surface area contributed by atoms with Crippen LogP contribution in [0, 0.1) is 5.82 Å². The summed E-state index contributed by atoms with van der Waals surface area (Å²) in [6, 6.07) is 3.01. The van der Waals surface area contributed by atoms with Crippen molar-refractivity contribution in [3.05, 3.63) is 29.6 Å². The molecule has 0 saturated carbocycles. The van der Waals surface area contributed by atoms with Crippen LogP contribution < -0.4 is 10.5 Å². The Morgan fingerprint density at radius 2 is 2.00 bits per heavy atom. The lowest BCUT2D eigenvalue weighted by Gasteiger charge is -2.14. The first kappa shape index (κ1) is 11.8. The van der Waals surface area contributed by atoms with Gasteiger partial charge in [0, 0.05) is 24.6 Å². The van der Waals surface area contributed by atoms with Gasteiger partial charge in [0.2, 0.25) is 0 Å². The van der Waals surface area contributed by atoms with Crippen molar-refractivity contribution in [3.63, 3.8) is 0 Å².